The molecule has 1 aromatic carbocycles. The Morgan fingerprint density at radius 2 is 2.17 bits per heavy atom. The molecule has 0 saturated heterocycles. The fraction of sp³-hybridized carbons (Fsp3) is 0.267. The van der Waals surface area contributed by atoms with E-state index in [9.17, 15) is 14.0 Å². The van der Waals surface area contributed by atoms with Gasteiger partial charge in [-0.15, -0.1) is 5.10 Å². The van der Waals surface area contributed by atoms with E-state index >= 15 is 0 Å². The predicted molar refractivity (Wildman–Crippen MR) is 84.2 cm³/mol. The molecule has 0 unspecified atom stereocenters. The fourth-order valence-electron chi connectivity index (χ4n) is 2.44. The lowest BCUT2D eigenvalue weighted by Crippen LogP contribution is -2.33. The Bertz CT molecular complexity index is 958. The summed E-state index contributed by atoms with van der Waals surface area (Å²) in [6.45, 7) is 3.79. The standard InChI is InChI=1S/C15H15FN6O2/c1-8-13(9(2)19-18-8)14(23)17-5-6-22-15(24)11-7-10(16)3-4-12(11)20-21-22/h3-4,7H,5-6H2,1-2H3,(H,17,23)(H,18,19). The first-order valence-corrected chi connectivity index (χ1v) is 7.30. The molecule has 24 heavy (non-hydrogen) atoms. The number of hydrogen-bond acceptors (Lipinski definition) is 5. The summed E-state index contributed by atoms with van der Waals surface area (Å²) in [7, 11) is 0. The summed E-state index contributed by atoms with van der Waals surface area (Å²) in [5.41, 5.74) is 1.62. The lowest BCUT2D eigenvalue weighted by atomic mass is 10.2. The number of rotatable bonds is 4. The summed E-state index contributed by atoms with van der Waals surface area (Å²) in [5, 5.41) is 17.2. The van der Waals surface area contributed by atoms with Gasteiger partial charge in [0.25, 0.3) is 11.5 Å². The third-order valence-electron chi connectivity index (χ3n) is 3.65. The number of aromatic amines is 1. The maximum absolute atomic E-state index is 13.3. The van der Waals surface area contributed by atoms with Crippen LogP contribution < -0.4 is 10.9 Å². The topological polar surface area (TPSA) is 106 Å². The normalized spacial score (nSPS) is 11.0. The molecule has 0 atom stereocenters. The monoisotopic (exact) mass is 330 g/mol. The van der Waals surface area contributed by atoms with Crippen LogP contribution >= 0.6 is 0 Å². The van der Waals surface area contributed by atoms with Crippen molar-refractivity contribution in [1.82, 2.24) is 30.5 Å². The Balaban J connectivity index is 1.73. The van der Waals surface area contributed by atoms with Gasteiger partial charge < -0.3 is 5.32 Å². The molecule has 0 aliphatic rings. The van der Waals surface area contributed by atoms with E-state index in [-0.39, 0.29) is 24.4 Å². The molecule has 8 nitrogen and oxygen atoms in total. The lowest BCUT2D eigenvalue weighted by Gasteiger charge is -2.07. The second-order valence-corrected chi connectivity index (χ2v) is 5.34. The van der Waals surface area contributed by atoms with Gasteiger partial charge in [0.05, 0.1) is 23.2 Å². The van der Waals surface area contributed by atoms with Crippen molar-refractivity contribution in [3.8, 4) is 0 Å². The highest BCUT2D eigenvalue weighted by Gasteiger charge is 2.15. The summed E-state index contributed by atoms with van der Waals surface area (Å²) in [5.74, 6) is -0.801. The van der Waals surface area contributed by atoms with Crippen molar-refractivity contribution in [2.75, 3.05) is 6.54 Å². The quantitative estimate of drug-likeness (QED) is 0.732. The zero-order chi connectivity index (χ0) is 17.3. The first kappa shape index (κ1) is 15.8. The number of benzene rings is 1. The van der Waals surface area contributed by atoms with Crippen LogP contribution in [0.25, 0.3) is 10.9 Å². The zero-order valence-corrected chi connectivity index (χ0v) is 13.1. The largest absolute Gasteiger partial charge is 0.350 e. The number of nitrogens with one attached hydrogen (secondary N) is 2. The van der Waals surface area contributed by atoms with Gasteiger partial charge in [-0.2, -0.15) is 5.10 Å². The van der Waals surface area contributed by atoms with Gasteiger partial charge in [0, 0.05) is 12.2 Å². The minimum atomic E-state index is -0.515. The number of aryl methyl sites for hydroxylation is 2. The lowest BCUT2D eigenvalue weighted by molar-refractivity contribution is 0.0950. The van der Waals surface area contributed by atoms with Gasteiger partial charge in [-0.3, -0.25) is 14.7 Å². The predicted octanol–water partition coefficient (Wildman–Crippen LogP) is 0.701. The third kappa shape index (κ3) is 2.87. The van der Waals surface area contributed by atoms with Crippen LogP contribution in [0.3, 0.4) is 0 Å². The molecule has 0 bridgehead atoms. The van der Waals surface area contributed by atoms with E-state index in [1.807, 2.05) is 0 Å². The van der Waals surface area contributed by atoms with Crippen LogP contribution in [0, 0.1) is 19.7 Å². The summed E-state index contributed by atoms with van der Waals surface area (Å²) in [6.07, 6.45) is 0. The number of nitrogens with zero attached hydrogens (tertiary/aromatic N) is 4. The van der Waals surface area contributed by atoms with E-state index in [1.54, 1.807) is 13.8 Å². The molecule has 2 N–H and O–H groups in total. The SMILES string of the molecule is Cc1n[nH]c(C)c1C(=O)NCCn1nnc2ccc(F)cc2c1=O. The maximum atomic E-state index is 13.3. The van der Waals surface area contributed by atoms with Crippen LogP contribution in [0.1, 0.15) is 21.7 Å². The first-order chi connectivity index (χ1) is 11.5. The molecule has 0 spiro atoms. The van der Waals surface area contributed by atoms with Gasteiger partial charge in [-0.05, 0) is 32.0 Å². The van der Waals surface area contributed by atoms with Gasteiger partial charge in [0.1, 0.15) is 11.3 Å². The van der Waals surface area contributed by atoms with Crippen molar-refractivity contribution in [2.45, 2.75) is 20.4 Å². The summed E-state index contributed by atoms with van der Waals surface area (Å²) in [6, 6.07) is 3.74. The molecule has 3 rings (SSSR count). The molecule has 124 valence electrons. The number of aromatic nitrogens is 5. The molecule has 0 aliphatic heterocycles. The fourth-order valence-corrected chi connectivity index (χ4v) is 2.44. The smallest absolute Gasteiger partial charge is 0.277 e. The Hall–Kier alpha value is -3.10. The number of carbonyl (C=O) groups is 1. The summed E-state index contributed by atoms with van der Waals surface area (Å²) < 4.78 is 14.4. The van der Waals surface area contributed by atoms with Gasteiger partial charge in [0.2, 0.25) is 0 Å². The van der Waals surface area contributed by atoms with Gasteiger partial charge in [-0.1, -0.05) is 5.21 Å². The van der Waals surface area contributed by atoms with Crippen LogP contribution in [0.5, 0.6) is 0 Å². The second-order valence-electron chi connectivity index (χ2n) is 5.34. The third-order valence-corrected chi connectivity index (χ3v) is 3.65. The van der Waals surface area contributed by atoms with Gasteiger partial charge in [0.15, 0.2) is 0 Å². The van der Waals surface area contributed by atoms with Crippen molar-refractivity contribution in [3.63, 3.8) is 0 Å². The molecular weight excluding hydrogens is 315 g/mol. The Labute approximate surface area is 135 Å². The second kappa shape index (κ2) is 6.19. The highest BCUT2D eigenvalue weighted by Crippen LogP contribution is 2.09. The van der Waals surface area contributed by atoms with Crippen LogP contribution in [0.2, 0.25) is 0 Å². The molecule has 2 aromatic heterocycles. The van der Waals surface area contributed by atoms with E-state index in [0.717, 1.165) is 10.7 Å². The molecule has 0 fully saturated rings. The van der Waals surface area contributed by atoms with Crippen LogP contribution in [-0.2, 0) is 6.54 Å². The van der Waals surface area contributed by atoms with Crippen molar-refractivity contribution in [1.29, 1.82) is 0 Å². The van der Waals surface area contributed by atoms with Crippen LogP contribution in [-0.4, -0.2) is 37.6 Å². The highest BCUT2D eigenvalue weighted by molar-refractivity contribution is 5.96. The minimum absolute atomic E-state index is 0.125. The number of carbonyl (C=O) groups excluding carboxylic acids is 1. The Kier molecular flexibility index (Phi) is 4.07. The van der Waals surface area contributed by atoms with Crippen molar-refractivity contribution in [2.24, 2.45) is 0 Å². The Morgan fingerprint density at radius 1 is 1.38 bits per heavy atom. The molecular formula is C15H15FN6O2. The zero-order valence-electron chi connectivity index (χ0n) is 13.1. The van der Waals surface area contributed by atoms with Gasteiger partial charge in [-0.25, -0.2) is 9.07 Å². The molecule has 1 amide bonds. The number of H-pyrrole nitrogens is 1. The molecule has 0 radical (unpaired) electrons. The summed E-state index contributed by atoms with van der Waals surface area (Å²) >= 11 is 0. The highest BCUT2D eigenvalue weighted by atomic mass is 19.1. The van der Waals surface area contributed by atoms with Crippen molar-refractivity contribution >= 4 is 16.8 Å². The molecule has 0 aliphatic carbocycles. The van der Waals surface area contributed by atoms with Crippen molar-refractivity contribution < 1.29 is 9.18 Å². The molecule has 9 heteroatoms. The van der Waals surface area contributed by atoms with E-state index in [0.29, 0.717) is 22.5 Å². The number of amides is 1. The maximum Gasteiger partial charge on any atom is 0.277 e. The van der Waals surface area contributed by atoms with E-state index in [2.05, 4.69) is 25.8 Å². The first-order valence-electron chi connectivity index (χ1n) is 7.30. The molecule has 0 saturated carbocycles. The molecule has 2 heterocycles. The van der Waals surface area contributed by atoms with Crippen molar-refractivity contribution in [3.05, 3.63) is 51.3 Å². The van der Waals surface area contributed by atoms with Crippen LogP contribution in [0.15, 0.2) is 23.0 Å². The minimum Gasteiger partial charge on any atom is -0.350 e. The Morgan fingerprint density at radius 3 is 2.88 bits per heavy atom. The molecule has 3 aromatic rings. The van der Waals surface area contributed by atoms with E-state index in [1.165, 1.54) is 12.1 Å². The number of halogens is 1. The number of hydrogen-bond donors (Lipinski definition) is 2. The van der Waals surface area contributed by atoms with Gasteiger partial charge >= 0.3 is 0 Å². The number of fused-ring (bicyclic) bond motifs is 1. The summed E-state index contributed by atoms with van der Waals surface area (Å²) in [4.78, 5) is 24.4. The van der Waals surface area contributed by atoms with E-state index in [4.69, 9.17) is 0 Å². The van der Waals surface area contributed by atoms with Crippen LogP contribution in [0.4, 0.5) is 4.39 Å². The van der Waals surface area contributed by atoms with E-state index < -0.39 is 11.4 Å². The average Bonchev–Trinajstić information content (AvgIpc) is 2.89. The average molecular weight is 330 g/mol.